The second-order valence-electron chi connectivity index (χ2n) is 7.82. The average molecular weight is 462 g/mol. The van der Waals surface area contributed by atoms with Crippen LogP contribution in [0.15, 0.2) is 36.8 Å². The van der Waals surface area contributed by atoms with Gasteiger partial charge < -0.3 is 20.3 Å². The quantitative estimate of drug-likeness (QED) is 0.377. The van der Waals surface area contributed by atoms with Crippen molar-refractivity contribution in [2.24, 2.45) is 5.14 Å². The third-order valence-electron chi connectivity index (χ3n) is 5.83. The van der Waals surface area contributed by atoms with E-state index >= 15 is 0 Å². The van der Waals surface area contributed by atoms with Gasteiger partial charge in [0.25, 0.3) is 0 Å². The zero-order valence-corrected chi connectivity index (χ0v) is 17.6. The predicted molar refractivity (Wildman–Crippen MR) is 111 cm³/mol. The maximum absolute atomic E-state index is 11.0. The van der Waals surface area contributed by atoms with Gasteiger partial charge in [0.15, 0.2) is 5.65 Å². The number of benzene rings is 1. The molecule has 0 bridgehead atoms. The first-order valence-corrected chi connectivity index (χ1v) is 11.5. The van der Waals surface area contributed by atoms with Crippen LogP contribution in [0.5, 0.6) is 0 Å². The number of fused-ring (bicyclic) bond motifs is 2. The summed E-state index contributed by atoms with van der Waals surface area (Å²) in [7, 11) is -4.21. The highest BCUT2D eigenvalue weighted by Gasteiger charge is 2.45. The van der Waals surface area contributed by atoms with Crippen LogP contribution >= 0.6 is 0 Å². The molecule has 5 rings (SSSR count). The van der Waals surface area contributed by atoms with Crippen molar-refractivity contribution in [2.75, 3.05) is 11.9 Å². The topological polar surface area (TPSA) is 174 Å². The fourth-order valence-electron chi connectivity index (χ4n) is 4.30. The maximum atomic E-state index is 11.0. The molecule has 5 N–H and O–H groups in total. The molecule has 13 heteroatoms. The van der Waals surface area contributed by atoms with E-state index in [1.165, 1.54) is 28.2 Å². The van der Waals surface area contributed by atoms with Crippen LogP contribution in [-0.4, -0.2) is 63.1 Å². The molecule has 0 spiro atoms. The van der Waals surface area contributed by atoms with Crippen molar-refractivity contribution < 1.29 is 27.6 Å². The first kappa shape index (κ1) is 21.2. The number of hydrogen-bond acceptors (Lipinski definition) is 10. The molecule has 3 aromatic rings. The third-order valence-corrected chi connectivity index (χ3v) is 6.30. The maximum Gasteiger partial charge on any atom is 0.333 e. The van der Waals surface area contributed by atoms with Crippen LogP contribution in [-0.2, 0) is 25.6 Å². The number of nitrogens with one attached hydrogen (secondary N) is 1. The normalized spacial score (nSPS) is 27.7. The second-order valence-corrected chi connectivity index (χ2v) is 9.04. The van der Waals surface area contributed by atoms with E-state index in [0.29, 0.717) is 17.2 Å². The molecule has 1 fully saturated rings. The van der Waals surface area contributed by atoms with E-state index in [9.17, 15) is 18.6 Å². The van der Waals surface area contributed by atoms with Gasteiger partial charge in [-0.25, -0.2) is 15.1 Å². The minimum absolute atomic E-state index is 0.0758. The van der Waals surface area contributed by atoms with Crippen molar-refractivity contribution in [3.05, 3.63) is 53.5 Å². The summed E-state index contributed by atoms with van der Waals surface area (Å²) in [5, 5.41) is 33.3. The lowest BCUT2D eigenvalue weighted by Gasteiger charge is -2.16. The average Bonchev–Trinajstić information content (AvgIpc) is 3.44. The number of nitrogens with zero attached hydrogens (tertiary/aromatic N) is 4. The van der Waals surface area contributed by atoms with Crippen LogP contribution < -0.4 is 10.5 Å². The summed E-state index contributed by atoms with van der Waals surface area (Å²) >= 11 is 0. The number of aliphatic hydroxyl groups is 2. The molecule has 12 nitrogen and oxygen atoms in total. The Bertz CT molecular complexity index is 1250. The molecule has 170 valence electrons. The SMILES string of the molecule is NS(=O)(=O)OC[C@H]1O[C@H](c2cnn3c(N[C@H]4CCc5ccccc54)ncnc23)[C@H](O)[C@@H]1O. The zero-order chi connectivity index (χ0) is 22.5. The van der Waals surface area contributed by atoms with Gasteiger partial charge in [-0.05, 0) is 24.0 Å². The largest absolute Gasteiger partial charge is 0.387 e. The molecule has 32 heavy (non-hydrogen) atoms. The van der Waals surface area contributed by atoms with E-state index in [1.807, 2.05) is 12.1 Å². The minimum atomic E-state index is -4.21. The van der Waals surface area contributed by atoms with E-state index in [-0.39, 0.29) is 6.04 Å². The van der Waals surface area contributed by atoms with Crippen LogP contribution in [0.4, 0.5) is 5.95 Å². The Kier molecular flexibility index (Phi) is 5.31. The van der Waals surface area contributed by atoms with E-state index in [2.05, 4.69) is 36.7 Å². The number of rotatable bonds is 6. The van der Waals surface area contributed by atoms with Gasteiger partial charge in [0.05, 0.1) is 18.8 Å². The standard InChI is InChI=1S/C19H22N6O6S/c20-32(28,29)30-8-14-15(26)16(27)17(31-14)12-7-23-25-18(12)21-9-22-19(25)24-13-6-5-10-3-1-2-4-11(10)13/h1-4,7,9,13-17,26-27H,5-6,8H2,(H2,20,28,29)(H,21,22,24)/t13-,14+,15+,16+,17+/m0/s1. The van der Waals surface area contributed by atoms with Crippen molar-refractivity contribution in [2.45, 2.75) is 43.3 Å². The van der Waals surface area contributed by atoms with Crippen LogP contribution in [0.1, 0.15) is 35.3 Å². The number of aromatic nitrogens is 4. The number of ether oxygens (including phenoxy) is 1. The summed E-state index contributed by atoms with van der Waals surface area (Å²) in [6.07, 6.45) is -0.0828. The predicted octanol–water partition coefficient (Wildman–Crippen LogP) is -0.395. The molecule has 0 unspecified atom stereocenters. The summed E-state index contributed by atoms with van der Waals surface area (Å²) in [6, 6.07) is 8.29. The van der Waals surface area contributed by atoms with Gasteiger partial charge in [0, 0.05) is 5.56 Å². The number of aryl methyl sites for hydroxylation is 1. The lowest BCUT2D eigenvalue weighted by molar-refractivity contribution is -0.0153. The Hall–Kier alpha value is -2.68. The fraction of sp³-hybridized carbons (Fsp3) is 0.421. The van der Waals surface area contributed by atoms with Crippen LogP contribution in [0.3, 0.4) is 0 Å². The molecular weight excluding hydrogens is 440 g/mol. The number of nitrogens with two attached hydrogens (primary N) is 1. The second kappa shape index (κ2) is 8.03. The van der Waals surface area contributed by atoms with Gasteiger partial charge in [-0.3, -0.25) is 4.18 Å². The third kappa shape index (κ3) is 3.83. The monoisotopic (exact) mass is 462 g/mol. The summed E-state index contributed by atoms with van der Waals surface area (Å²) in [6.45, 7) is -0.532. The molecule has 0 amide bonds. The van der Waals surface area contributed by atoms with Crippen LogP contribution in [0.2, 0.25) is 0 Å². The van der Waals surface area contributed by atoms with Crippen molar-refractivity contribution in [3.63, 3.8) is 0 Å². The summed E-state index contributed by atoms with van der Waals surface area (Å²) in [5.41, 5.74) is 3.31. The molecule has 0 radical (unpaired) electrons. The summed E-state index contributed by atoms with van der Waals surface area (Å²) < 4.78 is 33.8. The van der Waals surface area contributed by atoms with E-state index < -0.39 is 41.3 Å². The molecule has 2 aromatic heterocycles. The summed E-state index contributed by atoms with van der Waals surface area (Å²) in [5.74, 6) is 0.477. The van der Waals surface area contributed by atoms with Gasteiger partial charge in [-0.2, -0.15) is 18.0 Å². The van der Waals surface area contributed by atoms with Crippen molar-refractivity contribution in [1.82, 2.24) is 19.6 Å². The van der Waals surface area contributed by atoms with Crippen molar-refractivity contribution in [1.29, 1.82) is 0 Å². The smallest absolute Gasteiger partial charge is 0.333 e. The Balaban J connectivity index is 1.40. The van der Waals surface area contributed by atoms with Gasteiger partial charge in [-0.1, -0.05) is 24.3 Å². The van der Waals surface area contributed by atoms with Gasteiger partial charge in [-0.15, -0.1) is 0 Å². The van der Waals surface area contributed by atoms with E-state index in [1.54, 1.807) is 0 Å². The fourth-order valence-corrected chi connectivity index (χ4v) is 4.62. The highest BCUT2D eigenvalue weighted by Crippen LogP contribution is 2.37. The molecule has 3 heterocycles. The molecule has 1 aliphatic carbocycles. The van der Waals surface area contributed by atoms with Gasteiger partial charge in [0.2, 0.25) is 5.95 Å². The lowest BCUT2D eigenvalue weighted by Crippen LogP contribution is -2.34. The molecular formula is C19H22N6O6S. The molecule has 5 atom stereocenters. The Labute approximate surface area is 183 Å². The molecule has 1 saturated heterocycles. The van der Waals surface area contributed by atoms with Crippen LogP contribution in [0.25, 0.3) is 5.65 Å². The number of hydrogen-bond donors (Lipinski definition) is 4. The highest BCUT2D eigenvalue weighted by atomic mass is 32.2. The van der Waals surface area contributed by atoms with Gasteiger partial charge >= 0.3 is 10.3 Å². The van der Waals surface area contributed by atoms with E-state index in [0.717, 1.165) is 12.8 Å². The first-order valence-electron chi connectivity index (χ1n) is 10.0. The number of aliphatic hydroxyl groups excluding tert-OH is 2. The minimum Gasteiger partial charge on any atom is -0.387 e. The van der Waals surface area contributed by atoms with Crippen molar-refractivity contribution >= 4 is 21.9 Å². The lowest BCUT2D eigenvalue weighted by atomic mass is 10.0. The molecule has 1 aliphatic heterocycles. The Morgan fingerprint density at radius 3 is 2.84 bits per heavy atom. The molecule has 0 saturated carbocycles. The van der Waals surface area contributed by atoms with Crippen LogP contribution in [0, 0.1) is 0 Å². The summed E-state index contributed by atoms with van der Waals surface area (Å²) in [4.78, 5) is 8.58. The van der Waals surface area contributed by atoms with Gasteiger partial charge in [0.1, 0.15) is 30.7 Å². The molecule has 2 aliphatic rings. The zero-order valence-electron chi connectivity index (χ0n) is 16.8. The first-order chi connectivity index (χ1) is 15.3. The van der Waals surface area contributed by atoms with E-state index in [4.69, 9.17) is 9.88 Å². The Morgan fingerprint density at radius 1 is 1.22 bits per heavy atom. The Morgan fingerprint density at radius 2 is 2.03 bits per heavy atom. The molecule has 1 aromatic carbocycles. The highest BCUT2D eigenvalue weighted by molar-refractivity contribution is 7.84. The van der Waals surface area contributed by atoms with Crippen molar-refractivity contribution in [3.8, 4) is 0 Å². The number of anilines is 1.